The molecule has 0 unspecified atom stereocenters. The first-order valence-corrected chi connectivity index (χ1v) is 14.0. The van der Waals surface area contributed by atoms with Gasteiger partial charge < -0.3 is 9.47 Å². The lowest BCUT2D eigenvalue weighted by molar-refractivity contribution is -0.118. The summed E-state index contributed by atoms with van der Waals surface area (Å²) in [5.74, 6) is 1.77. The van der Waals surface area contributed by atoms with E-state index < -0.39 is 0 Å². The van der Waals surface area contributed by atoms with Crippen LogP contribution in [0.4, 0.5) is 0 Å². The molecular formula is C32H29N5O3S. The van der Waals surface area contributed by atoms with E-state index in [1.54, 1.807) is 13.3 Å². The Labute approximate surface area is 243 Å². The zero-order valence-electron chi connectivity index (χ0n) is 22.7. The SMILES string of the molecule is COc1ccc(/C=N\NC(=O)CSc2nnc(-c3ccccc3)n2-c2ccc(C)cc2)cc1OCc1ccccc1. The average molecular weight is 564 g/mol. The minimum Gasteiger partial charge on any atom is -0.493 e. The Morgan fingerprint density at radius 1 is 0.927 bits per heavy atom. The van der Waals surface area contributed by atoms with Crippen LogP contribution in [0.3, 0.4) is 0 Å². The molecule has 0 aliphatic heterocycles. The number of hydrogen-bond donors (Lipinski definition) is 1. The van der Waals surface area contributed by atoms with Crippen molar-refractivity contribution in [1.29, 1.82) is 0 Å². The number of nitrogens with one attached hydrogen (secondary N) is 1. The highest BCUT2D eigenvalue weighted by Crippen LogP contribution is 2.29. The molecular weight excluding hydrogens is 534 g/mol. The maximum atomic E-state index is 12.7. The standard InChI is InChI=1S/C32H29N5O3S/c1-23-13-16-27(17-14-23)37-31(26-11-7-4-8-12-26)35-36-32(37)41-22-30(38)34-33-20-25-15-18-28(39-2)29(19-25)40-21-24-9-5-3-6-10-24/h3-20H,21-22H2,1-2H3,(H,34,38)/b33-20-. The van der Waals surface area contributed by atoms with E-state index in [0.717, 1.165) is 27.9 Å². The van der Waals surface area contributed by atoms with E-state index in [1.807, 2.05) is 115 Å². The molecule has 0 fully saturated rings. The molecule has 1 N–H and O–H groups in total. The summed E-state index contributed by atoms with van der Waals surface area (Å²) in [5, 5.41) is 13.6. The second-order valence-electron chi connectivity index (χ2n) is 9.11. The number of nitrogens with zero attached hydrogens (tertiary/aromatic N) is 4. The maximum absolute atomic E-state index is 12.7. The molecule has 0 spiro atoms. The molecule has 41 heavy (non-hydrogen) atoms. The van der Waals surface area contributed by atoms with Crippen LogP contribution in [0.25, 0.3) is 17.1 Å². The van der Waals surface area contributed by atoms with E-state index in [9.17, 15) is 4.79 Å². The minimum absolute atomic E-state index is 0.115. The molecule has 4 aromatic carbocycles. The first-order chi connectivity index (χ1) is 20.1. The molecule has 0 atom stereocenters. The van der Waals surface area contributed by atoms with Gasteiger partial charge >= 0.3 is 0 Å². The quantitative estimate of drug-likeness (QED) is 0.119. The van der Waals surface area contributed by atoms with Crippen molar-refractivity contribution in [3.8, 4) is 28.6 Å². The average Bonchev–Trinajstić information content (AvgIpc) is 3.44. The fourth-order valence-corrected chi connectivity index (χ4v) is 4.77. The number of amides is 1. The molecule has 5 aromatic rings. The van der Waals surface area contributed by atoms with Crippen LogP contribution in [0.2, 0.25) is 0 Å². The molecule has 0 aliphatic rings. The number of rotatable bonds is 11. The smallest absolute Gasteiger partial charge is 0.250 e. The summed E-state index contributed by atoms with van der Waals surface area (Å²) in [7, 11) is 1.60. The molecule has 0 aliphatic carbocycles. The van der Waals surface area contributed by atoms with Gasteiger partial charge in [-0.15, -0.1) is 10.2 Å². The van der Waals surface area contributed by atoms with Crippen LogP contribution in [-0.4, -0.2) is 39.7 Å². The first-order valence-electron chi connectivity index (χ1n) is 13.0. The third-order valence-corrected chi connectivity index (χ3v) is 7.05. The Kier molecular flexibility index (Phi) is 9.08. The molecule has 0 saturated heterocycles. The largest absolute Gasteiger partial charge is 0.493 e. The van der Waals surface area contributed by atoms with E-state index in [-0.39, 0.29) is 11.7 Å². The highest BCUT2D eigenvalue weighted by molar-refractivity contribution is 7.99. The van der Waals surface area contributed by atoms with Crippen molar-refractivity contribution in [2.45, 2.75) is 18.7 Å². The lowest BCUT2D eigenvalue weighted by atomic mass is 10.2. The van der Waals surface area contributed by atoms with Crippen molar-refractivity contribution in [1.82, 2.24) is 20.2 Å². The Bertz CT molecular complexity index is 1620. The number of carbonyl (C=O) groups is 1. The van der Waals surface area contributed by atoms with Gasteiger partial charge in [-0.1, -0.05) is 90.1 Å². The van der Waals surface area contributed by atoms with Gasteiger partial charge in [0.15, 0.2) is 22.5 Å². The first kappa shape index (κ1) is 27.7. The van der Waals surface area contributed by atoms with Gasteiger partial charge in [0.2, 0.25) is 0 Å². The normalized spacial score (nSPS) is 11.0. The zero-order chi connectivity index (χ0) is 28.4. The predicted octanol–water partition coefficient (Wildman–Crippen LogP) is 6.07. The van der Waals surface area contributed by atoms with Crippen molar-refractivity contribution >= 4 is 23.9 Å². The van der Waals surface area contributed by atoms with E-state index in [0.29, 0.717) is 29.1 Å². The van der Waals surface area contributed by atoms with E-state index in [4.69, 9.17) is 9.47 Å². The number of methoxy groups -OCH3 is 1. The fraction of sp³-hybridized carbons (Fsp3) is 0.125. The van der Waals surface area contributed by atoms with Crippen molar-refractivity contribution in [2.24, 2.45) is 5.10 Å². The summed E-state index contributed by atoms with van der Waals surface area (Å²) in [6, 6.07) is 33.3. The van der Waals surface area contributed by atoms with Crippen LogP contribution in [0.5, 0.6) is 11.5 Å². The molecule has 0 bridgehead atoms. The van der Waals surface area contributed by atoms with Crippen molar-refractivity contribution < 1.29 is 14.3 Å². The molecule has 9 heteroatoms. The van der Waals surface area contributed by atoms with Gasteiger partial charge in [0.25, 0.3) is 5.91 Å². The summed E-state index contributed by atoms with van der Waals surface area (Å²) >= 11 is 1.29. The summed E-state index contributed by atoms with van der Waals surface area (Å²) in [6.45, 7) is 2.45. The molecule has 1 aromatic heterocycles. The summed E-state index contributed by atoms with van der Waals surface area (Å²) in [5.41, 5.74) is 7.41. The van der Waals surface area contributed by atoms with Crippen LogP contribution in [0.15, 0.2) is 113 Å². The van der Waals surface area contributed by atoms with Gasteiger partial charge in [0.05, 0.1) is 19.1 Å². The van der Waals surface area contributed by atoms with Crippen LogP contribution < -0.4 is 14.9 Å². The number of thioether (sulfide) groups is 1. The topological polar surface area (TPSA) is 90.6 Å². The Hall–Kier alpha value is -4.89. The Morgan fingerprint density at radius 3 is 2.39 bits per heavy atom. The number of ether oxygens (including phenoxy) is 2. The van der Waals surface area contributed by atoms with Crippen LogP contribution in [0, 0.1) is 6.92 Å². The third-order valence-electron chi connectivity index (χ3n) is 6.12. The molecule has 5 rings (SSSR count). The van der Waals surface area contributed by atoms with Crippen LogP contribution >= 0.6 is 11.8 Å². The van der Waals surface area contributed by atoms with E-state index in [1.165, 1.54) is 11.8 Å². The molecule has 8 nitrogen and oxygen atoms in total. The van der Waals surface area contributed by atoms with E-state index >= 15 is 0 Å². The molecule has 1 amide bonds. The summed E-state index contributed by atoms with van der Waals surface area (Å²) < 4.78 is 13.4. The van der Waals surface area contributed by atoms with Gasteiger partial charge in [-0.3, -0.25) is 9.36 Å². The second kappa shape index (κ2) is 13.5. The van der Waals surface area contributed by atoms with Crippen molar-refractivity contribution in [3.05, 3.63) is 120 Å². The molecule has 0 saturated carbocycles. The molecule has 0 radical (unpaired) electrons. The summed E-state index contributed by atoms with van der Waals surface area (Å²) in [6.07, 6.45) is 1.57. The number of carbonyl (C=O) groups excluding carboxylic acids is 1. The number of aromatic nitrogens is 3. The zero-order valence-corrected chi connectivity index (χ0v) is 23.5. The predicted molar refractivity (Wildman–Crippen MR) is 162 cm³/mol. The molecule has 1 heterocycles. The van der Waals surface area contributed by atoms with Gasteiger partial charge in [-0.25, -0.2) is 5.43 Å². The lowest BCUT2D eigenvalue weighted by Crippen LogP contribution is -2.20. The van der Waals surface area contributed by atoms with Gasteiger partial charge in [-0.2, -0.15) is 5.10 Å². The van der Waals surface area contributed by atoms with Gasteiger partial charge in [-0.05, 0) is 48.4 Å². The number of aryl methyl sites for hydroxylation is 1. The number of benzene rings is 4. The monoisotopic (exact) mass is 563 g/mol. The second-order valence-corrected chi connectivity index (χ2v) is 10.1. The van der Waals surface area contributed by atoms with Crippen LogP contribution in [0.1, 0.15) is 16.7 Å². The van der Waals surface area contributed by atoms with Gasteiger partial charge in [0.1, 0.15) is 6.61 Å². The third kappa shape index (κ3) is 7.20. The fourth-order valence-electron chi connectivity index (χ4n) is 4.03. The maximum Gasteiger partial charge on any atom is 0.250 e. The number of hydrazone groups is 1. The van der Waals surface area contributed by atoms with Crippen molar-refractivity contribution in [2.75, 3.05) is 12.9 Å². The minimum atomic E-state index is -0.264. The Balaban J connectivity index is 1.24. The highest BCUT2D eigenvalue weighted by atomic mass is 32.2. The van der Waals surface area contributed by atoms with Gasteiger partial charge in [0, 0.05) is 11.3 Å². The van der Waals surface area contributed by atoms with E-state index in [2.05, 4.69) is 20.7 Å². The van der Waals surface area contributed by atoms with Crippen molar-refractivity contribution in [3.63, 3.8) is 0 Å². The Morgan fingerprint density at radius 2 is 1.66 bits per heavy atom. The van der Waals surface area contributed by atoms with Crippen LogP contribution in [-0.2, 0) is 11.4 Å². The summed E-state index contributed by atoms with van der Waals surface area (Å²) in [4.78, 5) is 12.7. The lowest BCUT2D eigenvalue weighted by Gasteiger charge is -2.11. The highest BCUT2D eigenvalue weighted by Gasteiger charge is 2.17. The number of hydrogen-bond acceptors (Lipinski definition) is 7. The molecule has 206 valence electrons.